The highest BCUT2D eigenvalue weighted by atomic mass is 79.9. The topological polar surface area (TPSA) is 121 Å². The molecule has 9 unspecified atom stereocenters. The number of alkyl halides is 1. The first-order valence-electron chi connectivity index (χ1n) is 16.6. The highest BCUT2D eigenvalue weighted by Crippen LogP contribution is 2.65. The summed E-state index contributed by atoms with van der Waals surface area (Å²) in [6.07, 6.45) is 8.09. The fourth-order valence-electron chi connectivity index (χ4n) is 10.5. The smallest absolute Gasteiger partial charge is 0.0946 e. The maximum atomic E-state index is 10.6. The van der Waals surface area contributed by atoms with Crippen molar-refractivity contribution in [3.8, 4) is 0 Å². The Morgan fingerprint density at radius 3 is 1.18 bits per heavy atom. The van der Waals surface area contributed by atoms with Gasteiger partial charge in [-0.05, 0) is 127 Å². The molecule has 6 nitrogen and oxygen atoms in total. The van der Waals surface area contributed by atoms with Crippen molar-refractivity contribution in [1.29, 1.82) is 0 Å². The Labute approximate surface area is 293 Å². The lowest BCUT2D eigenvalue weighted by Gasteiger charge is -2.65. The third-order valence-electron chi connectivity index (χ3n) is 14.2. The first-order chi connectivity index (χ1) is 19.8. The van der Waals surface area contributed by atoms with Gasteiger partial charge in [0.1, 0.15) is 0 Å². The van der Waals surface area contributed by atoms with Crippen LogP contribution in [0.3, 0.4) is 0 Å². The molecular formula is C36H69BrO6S2. The highest BCUT2D eigenvalue weighted by molar-refractivity contribution is 9.09. The predicted molar refractivity (Wildman–Crippen MR) is 196 cm³/mol. The lowest BCUT2D eigenvalue weighted by molar-refractivity contribution is -0.253. The standard InChI is InChI=1S/C12H22O2S.C11H19BrO2.C11H20O2S.2CH4/c1-11(2)8-6-9(11)12(14,4-5-15-3)10(13)7-8;1-10(2)7-5-8(10)11(14,3-4-12)9(13)6-7;1-10(2)7-5-8(10)11(13,3-4-14)9(12)6-7;;/h8-10,13-14H,4-7H2,1-3H3;7-9,13-14H,3-6H2,1-2H3;7-9,12-14H,3-6H2,1-2H3;2*1H4/t8?,9?,10?,12-;2*7?,8?,9?,11-;;/m111../s1. The van der Waals surface area contributed by atoms with E-state index in [1.807, 2.05) is 6.26 Å². The second-order valence-electron chi connectivity index (χ2n) is 16.8. The molecule has 0 radical (unpaired) electrons. The van der Waals surface area contributed by atoms with Crippen LogP contribution in [0.4, 0.5) is 0 Å². The van der Waals surface area contributed by atoms with Gasteiger partial charge in [-0.15, -0.1) is 0 Å². The molecule has 0 heterocycles. The number of rotatable bonds is 7. The Morgan fingerprint density at radius 1 is 0.600 bits per heavy atom. The van der Waals surface area contributed by atoms with E-state index in [0.29, 0.717) is 42.3 Å². The van der Waals surface area contributed by atoms with E-state index in [4.69, 9.17) is 0 Å². The molecule has 9 saturated carbocycles. The molecule has 0 spiro atoms. The Bertz CT molecular complexity index is 931. The lowest BCUT2D eigenvalue weighted by atomic mass is 9.43. The van der Waals surface area contributed by atoms with E-state index in [1.165, 1.54) is 0 Å². The summed E-state index contributed by atoms with van der Waals surface area (Å²) in [5.41, 5.74) is -1.89. The molecule has 268 valence electrons. The Morgan fingerprint density at radius 2 is 0.911 bits per heavy atom. The fourth-order valence-corrected chi connectivity index (χ4v) is 12.1. The van der Waals surface area contributed by atoms with Gasteiger partial charge in [-0.2, -0.15) is 24.4 Å². The zero-order valence-corrected chi connectivity index (χ0v) is 30.9. The van der Waals surface area contributed by atoms with Crippen molar-refractivity contribution in [2.75, 3.05) is 23.1 Å². The van der Waals surface area contributed by atoms with E-state index < -0.39 is 35.1 Å². The third kappa shape index (κ3) is 6.86. The summed E-state index contributed by atoms with van der Waals surface area (Å²) in [5, 5.41) is 62.3. The van der Waals surface area contributed by atoms with E-state index in [2.05, 4.69) is 70.1 Å². The molecule has 9 aliphatic rings. The molecule has 9 heteroatoms. The lowest BCUT2D eigenvalue weighted by Crippen LogP contribution is -2.67. The predicted octanol–water partition coefficient (Wildman–Crippen LogP) is 6.56. The Balaban J connectivity index is 0.000000230. The van der Waals surface area contributed by atoms with Gasteiger partial charge in [0.25, 0.3) is 0 Å². The van der Waals surface area contributed by atoms with Gasteiger partial charge in [-0.25, -0.2) is 0 Å². The number of fused-ring (bicyclic) bond motifs is 6. The minimum absolute atomic E-state index is 0. The van der Waals surface area contributed by atoms with Crippen molar-refractivity contribution in [1.82, 2.24) is 0 Å². The molecular weight excluding hydrogens is 672 g/mol. The summed E-state index contributed by atoms with van der Waals surface area (Å²) in [4.78, 5) is 0. The van der Waals surface area contributed by atoms with E-state index in [0.717, 1.165) is 56.0 Å². The Hall–Kier alpha value is 0.940. The molecule has 0 aliphatic heterocycles. The van der Waals surface area contributed by atoms with Crippen LogP contribution in [0, 0.1) is 51.8 Å². The van der Waals surface area contributed by atoms with Crippen LogP contribution in [0.1, 0.15) is 114 Å². The van der Waals surface area contributed by atoms with Crippen molar-refractivity contribution in [3.63, 3.8) is 0 Å². The SMILES string of the molecule is C.C.CC1(C)C2CC(O)[C@@](O)(CCBr)C1C2.CC1(C)C2CC(O)[C@@](O)(CCS)C1C2.CSCC[C@]1(O)C(O)CC2CC1C2(C)C. The van der Waals surface area contributed by atoms with Crippen molar-refractivity contribution >= 4 is 40.3 Å². The fraction of sp³-hybridized carbons (Fsp3) is 1.00. The monoisotopic (exact) mass is 740 g/mol. The van der Waals surface area contributed by atoms with Gasteiger partial charge in [0.05, 0.1) is 35.1 Å². The summed E-state index contributed by atoms with van der Waals surface area (Å²) < 4.78 is 0. The van der Waals surface area contributed by atoms with Crippen LogP contribution >= 0.6 is 40.3 Å². The number of halogens is 1. The summed E-state index contributed by atoms with van der Waals surface area (Å²) in [6, 6.07) is 0. The van der Waals surface area contributed by atoms with Crippen LogP contribution in [0.2, 0.25) is 0 Å². The molecule has 0 aromatic heterocycles. The molecule has 9 aliphatic carbocycles. The molecule has 0 aromatic rings. The van der Waals surface area contributed by atoms with Crippen LogP contribution in [0.25, 0.3) is 0 Å². The minimum atomic E-state index is -0.875. The quantitative estimate of drug-likeness (QED) is 0.117. The Kier molecular flexibility index (Phi) is 13.7. The number of aliphatic hydroxyl groups excluding tert-OH is 3. The van der Waals surface area contributed by atoms with Crippen LogP contribution < -0.4 is 0 Å². The first kappa shape index (κ1) is 42.1. The average Bonchev–Trinajstić information content (AvgIpc) is 2.92. The summed E-state index contributed by atoms with van der Waals surface area (Å²) in [7, 11) is 0. The van der Waals surface area contributed by atoms with E-state index >= 15 is 0 Å². The van der Waals surface area contributed by atoms with Crippen molar-refractivity contribution in [2.24, 2.45) is 51.8 Å². The third-order valence-corrected chi connectivity index (χ3v) is 15.4. The van der Waals surface area contributed by atoms with Gasteiger partial charge in [0, 0.05) is 5.33 Å². The molecule has 0 amide bonds. The second kappa shape index (κ2) is 14.7. The van der Waals surface area contributed by atoms with Crippen molar-refractivity contribution < 1.29 is 30.6 Å². The van der Waals surface area contributed by atoms with Gasteiger partial charge in [0.15, 0.2) is 0 Å². The largest absolute Gasteiger partial charge is 0.390 e. The minimum Gasteiger partial charge on any atom is -0.390 e. The molecule has 45 heavy (non-hydrogen) atoms. The summed E-state index contributed by atoms with van der Waals surface area (Å²) in [5.74, 6) is 4.24. The van der Waals surface area contributed by atoms with Gasteiger partial charge < -0.3 is 30.6 Å². The summed E-state index contributed by atoms with van der Waals surface area (Å²) >= 11 is 9.27. The van der Waals surface area contributed by atoms with Gasteiger partial charge in [-0.3, -0.25) is 0 Å². The molecule has 6 N–H and O–H groups in total. The molecule has 9 fully saturated rings. The number of hydrogen-bond donors (Lipinski definition) is 7. The van der Waals surface area contributed by atoms with Crippen LogP contribution in [0.5, 0.6) is 0 Å². The number of thiol groups is 1. The van der Waals surface area contributed by atoms with Crippen LogP contribution in [-0.4, -0.2) is 88.8 Å². The van der Waals surface area contributed by atoms with Crippen LogP contribution in [0.15, 0.2) is 0 Å². The number of hydrogen-bond acceptors (Lipinski definition) is 8. The van der Waals surface area contributed by atoms with Gasteiger partial charge in [0.2, 0.25) is 0 Å². The van der Waals surface area contributed by atoms with E-state index in [-0.39, 0.29) is 42.9 Å². The average molecular weight is 742 g/mol. The molecule has 9 rings (SSSR count). The zero-order valence-electron chi connectivity index (χ0n) is 27.6. The second-order valence-corrected chi connectivity index (χ2v) is 19.0. The van der Waals surface area contributed by atoms with E-state index in [1.54, 1.807) is 11.8 Å². The highest BCUT2D eigenvalue weighted by Gasteiger charge is 2.66. The summed E-state index contributed by atoms with van der Waals surface area (Å²) in [6.45, 7) is 13.3. The van der Waals surface area contributed by atoms with Gasteiger partial charge in [-0.1, -0.05) is 72.3 Å². The zero-order chi connectivity index (χ0) is 32.4. The molecule has 6 bridgehead atoms. The molecule has 0 aromatic carbocycles. The van der Waals surface area contributed by atoms with E-state index in [9.17, 15) is 30.6 Å². The molecule has 12 atom stereocenters. The van der Waals surface area contributed by atoms with Crippen molar-refractivity contribution in [3.05, 3.63) is 0 Å². The normalized spacial score (nSPS) is 46.9. The molecule has 0 saturated heterocycles. The van der Waals surface area contributed by atoms with Crippen molar-refractivity contribution in [2.45, 2.75) is 149 Å². The first-order valence-corrected chi connectivity index (χ1v) is 19.8. The maximum Gasteiger partial charge on any atom is 0.0946 e. The maximum absolute atomic E-state index is 10.6. The number of aliphatic hydroxyl groups is 6. The number of thioether (sulfide) groups is 1. The van der Waals surface area contributed by atoms with Crippen LogP contribution in [-0.2, 0) is 0 Å². The van der Waals surface area contributed by atoms with Gasteiger partial charge >= 0.3 is 0 Å².